The van der Waals surface area contributed by atoms with Crippen molar-refractivity contribution in [1.82, 2.24) is 14.8 Å². The quantitative estimate of drug-likeness (QED) is 0.834. The van der Waals surface area contributed by atoms with E-state index in [0.29, 0.717) is 24.7 Å². The van der Waals surface area contributed by atoms with Gasteiger partial charge in [-0.05, 0) is 18.7 Å². The Bertz CT molecular complexity index is 527. The summed E-state index contributed by atoms with van der Waals surface area (Å²) in [6.45, 7) is 0.518. The minimum Gasteiger partial charge on any atom is -0.497 e. The first-order valence-corrected chi connectivity index (χ1v) is 6.17. The van der Waals surface area contributed by atoms with Crippen LogP contribution in [0, 0.1) is 0 Å². The van der Waals surface area contributed by atoms with E-state index >= 15 is 0 Å². The number of rotatable bonds is 5. The summed E-state index contributed by atoms with van der Waals surface area (Å²) >= 11 is 5.88. The van der Waals surface area contributed by atoms with E-state index < -0.39 is 0 Å². The first-order chi connectivity index (χ1) is 8.80. The molecule has 1 aromatic carbocycles. The van der Waals surface area contributed by atoms with Crippen molar-refractivity contribution in [3.8, 4) is 11.4 Å². The fourth-order valence-electron chi connectivity index (χ4n) is 1.78. The number of alkyl halides is 1. The summed E-state index contributed by atoms with van der Waals surface area (Å²) in [6.07, 6.45) is 0.654. The Morgan fingerprint density at radius 2 is 2.11 bits per heavy atom. The molecule has 0 spiro atoms. The molecule has 0 atom stereocenters. The zero-order valence-electron chi connectivity index (χ0n) is 10.1. The molecule has 0 unspecified atom stereocenters. The lowest BCUT2D eigenvalue weighted by Crippen LogP contribution is -2.10. The summed E-state index contributed by atoms with van der Waals surface area (Å²) in [4.78, 5) is 0. The highest BCUT2D eigenvalue weighted by Gasteiger charge is 2.12. The Morgan fingerprint density at radius 3 is 2.78 bits per heavy atom. The highest BCUT2D eigenvalue weighted by atomic mass is 35.5. The molecular formula is C12H15ClN4O. The standard InChI is InChI=1S/C12H15ClN4O/c1-18-10-4-2-3-9(7-10)17-11(5-6-14)15-16-12(17)8-13/h2-4,7H,5-6,8,14H2,1H3. The second-order valence-corrected chi connectivity index (χ2v) is 4.01. The maximum atomic E-state index is 5.88. The molecule has 2 N–H and O–H groups in total. The zero-order chi connectivity index (χ0) is 13.0. The van der Waals surface area contributed by atoms with Crippen molar-refractivity contribution < 1.29 is 4.74 Å². The van der Waals surface area contributed by atoms with Crippen molar-refractivity contribution in [2.45, 2.75) is 12.3 Å². The van der Waals surface area contributed by atoms with Crippen molar-refractivity contribution in [2.24, 2.45) is 5.73 Å². The van der Waals surface area contributed by atoms with Gasteiger partial charge in [0.15, 0.2) is 5.82 Å². The summed E-state index contributed by atoms with van der Waals surface area (Å²) in [6, 6.07) is 7.68. The van der Waals surface area contributed by atoms with E-state index in [4.69, 9.17) is 22.1 Å². The Labute approximate surface area is 111 Å². The normalized spacial score (nSPS) is 10.6. The Hall–Kier alpha value is -1.59. The highest BCUT2D eigenvalue weighted by Crippen LogP contribution is 2.20. The molecule has 0 aliphatic carbocycles. The van der Waals surface area contributed by atoms with E-state index in [2.05, 4.69) is 10.2 Å². The molecular weight excluding hydrogens is 252 g/mol. The van der Waals surface area contributed by atoms with Gasteiger partial charge >= 0.3 is 0 Å². The summed E-state index contributed by atoms with van der Waals surface area (Å²) in [7, 11) is 1.63. The van der Waals surface area contributed by atoms with Crippen LogP contribution in [0.4, 0.5) is 0 Å². The average molecular weight is 267 g/mol. The number of nitrogens with two attached hydrogens (primary N) is 1. The predicted molar refractivity (Wildman–Crippen MR) is 70.2 cm³/mol. The molecule has 0 radical (unpaired) electrons. The molecule has 0 fully saturated rings. The third kappa shape index (κ3) is 2.47. The molecule has 0 amide bonds. The number of hydrogen-bond acceptors (Lipinski definition) is 4. The first kappa shape index (κ1) is 12.9. The number of aromatic nitrogens is 3. The summed E-state index contributed by atoms with van der Waals surface area (Å²) in [5.41, 5.74) is 6.50. The first-order valence-electron chi connectivity index (χ1n) is 5.63. The zero-order valence-corrected chi connectivity index (χ0v) is 10.9. The fraction of sp³-hybridized carbons (Fsp3) is 0.333. The lowest BCUT2D eigenvalue weighted by Gasteiger charge is -2.10. The van der Waals surface area contributed by atoms with Crippen molar-refractivity contribution >= 4 is 11.6 Å². The van der Waals surface area contributed by atoms with Crippen LogP contribution in [0.3, 0.4) is 0 Å². The van der Waals surface area contributed by atoms with Crippen LogP contribution in [-0.4, -0.2) is 28.4 Å². The van der Waals surface area contributed by atoms with E-state index in [0.717, 1.165) is 17.3 Å². The van der Waals surface area contributed by atoms with Crippen LogP contribution in [0.1, 0.15) is 11.6 Å². The second kappa shape index (κ2) is 5.84. The average Bonchev–Trinajstić information content (AvgIpc) is 2.82. The van der Waals surface area contributed by atoms with Gasteiger partial charge in [0, 0.05) is 12.5 Å². The number of nitrogens with zero attached hydrogens (tertiary/aromatic N) is 3. The maximum Gasteiger partial charge on any atom is 0.152 e. The van der Waals surface area contributed by atoms with Crippen LogP contribution in [0.5, 0.6) is 5.75 Å². The van der Waals surface area contributed by atoms with Crippen molar-refractivity contribution in [1.29, 1.82) is 0 Å². The lowest BCUT2D eigenvalue weighted by atomic mass is 10.2. The van der Waals surface area contributed by atoms with E-state index in [1.54, 1.807) is 7.11 Å². The Morgan fingerprint density at radius 1 is 1.33 bits per heavy atom. The van der Waals surface area contributed by atoms with Crippen molar-refractivity contribution in [3.63, 3.8) is 0 Å². The van der Waals surface area contributed by atoms with Gasteiger partial charge in [-0.25, -0.2) is 0 Å². The largest absolute Gasteiger partial charge is 0.497 e. The molecule has 5 nitrogen and oxygen atoms in total. The fourth-order valence-corrected chi connectivity index (χ4v) is 1.95. The van der Waals surface area contributed by atoms with Gasteiger partial charge in [-0.2, -0.15) is 0 Å². The molecule has 0 saturated heterocycles. The number of benzene rings is 1. The van der Waals surface area contributed by atoms with Gasteiger partial charge < -0.3 is 10.5 Å². The van der Waals surface area contributed by atoms with Crippen molar-refractivity contribution in [2.75, 3.05) is 13.7 Å². The molecule has 0 aliphatic heterocycles. The van der Waals surface area contributed by atoms with E-state index in [1.807, 2.05) is 28.8 Å². The lowest BCUT2D eigenvalue weighted by molar-refractivity contribution is 0.414. The molecule has 18 heavy (non-hydrogen) atoms. The van der Waals surface area contributed by atoms with E-state index in [-0.39, 0.29) is 0 Å². The van der Waals surface area contributed by atoms with Gasteiger partial charge in [-0.15, -0.1) is 21.8 Å². The van der Waals surface area contributed by atoms with Gasteiger partial charge in [-0.3, -0.25) is 4.57 Å². The molecule has 0 bridgehead atoms. The summed E-state index contributed by atoms with van der Waals surface area (Å²) in [5.74, 6) is 2.59. The van der Waals surface area contributed by atoms with Gasteiger partial charge in [0.1, 0.15) is 11.6 Å². The topological polar surface area (TPSA) is 66.0 Å². The molecule has 96 valence electrons. The third-order valence-corrected chi connectivity index (χ3v) is 2.84. The Balaban J connectivity index is 2.49. The predicted octanol–water partition coefficient (Wildman–Crippen LogP) is 1.52. The van der Waals surface area contributed by atoms with Crippen molar-refractivity contribution in [3.05, 3.63) is 35.9 Å². The second-order valence-electron chi connectivity index (χ2n) is 3.74. The van der Waals surface area contributed by atoms with Crippen LogP contribution in [0.15, 0.2) is 24.3 Å². The van der Waals surface area contributed by atoms with Crippen LogP contribution < -0.4 is 10.5 Å². The molecule has 0 saturated carbocycles. The number of methoxy groups -OCH3 is 1. The van der Waals surface area contributed by atoms with Gasteiger partial charge in [0.25, 0.3) is 0 Å². The number of ether oxygens (including phenoxy) is 1. The summed E-state index contributed by atoms with van der Waals surface area (Å²) in [5, 5.41) is 8.19. The molecule has 1 aromatic heterocycles. The SMILES string of the molecule is COc1cccc(-n2c(CCl)nnc2CCN)c1. The van der Waals surface area contributed by atoms with Crippen LogP contribution in [0.25, 0.3) is 5.69 Å². The highest BCUT2D eigenvalue weighted by molar-refractivity contribution is 6.16. The molecule has 2 aromatic rings. The van der Waals surface area contributed by atoms with Gasteiger partial charge in [0.05, 0.1) is 18.7 Å². The number of hydrogen-bond donors (Lipinski definition) is 1. The molecule has 6 heteroatoms. The van der Waals surface area contributed by atoms with Gasteiger partial charge in [-0.1, -0.05) is 6.07 Å². The van der Waals surface area contributed by atoms with E-state index in [9.17, 15) is 0 Å². The Kier molecular flexibility index (Phi) is 4.17. The smallest absolute Gasteiger partial charge is 0.152 e. The van der Waals surface area contributed by atoms with E-state index in [1.165, 1.54) is 0 Å². The van der Waals surface area contributed by atoms with Gasteiger partial charge in [0.2, 0.25) is 0 Å². The monoisotopic (exact) mass is 266 g/mol. The number of halogens is 1. The minimum atomic E-state index is 0.300. The molecule has 0 aliphatic rings. The van der Waals surface area contributed by atoms with Crippen LogP contribution in [0.2, 0.25) is 0 Å². The molecule has 2 rings (SSSR count). The van der Waals surface area contributed by atoms with Crippen LogP contribution >= 0.6 is 11.6 Å². The molecule has 1 heterocycles. The summed E-state index contributed by atoms with van der Waals surface area (Å²) < 4.78 is 7.13. The minimum absolute atomic E-state index is 0.300. The van der Waals surface area contributed by atoms with Crippen LogP contribution in [-0.2, 0) is 12.3 Å². The maximum absolute atomic E-state index is 5.88. The third-order valence-electron chi connectivity index (χ3n) is 2.60.